The molecule has 1 fully saturated rings. The van der Waals surface area contributed by atoms with Gasteiger partial charge in [0.05, 0.1) is 17.9 Å². The third-order valence-electron chi connectivity index (χ3n) is 4.48. The Morgan fingerprint density at radius 2 is 2.13 bits per heavy atom. The molecule has 1 aliphatic heterocycles. The van der Waals surface area contributed by atoms with Gasteiger partial charge in [0.15, 0.2) is 0 Å². The van der Waals surface area contributed by atoms with Gasteiger partial charge < -0.3 is 9.64 Å². The van der Waals surface area contributed by atoms with E-state index in [0.717, 1.165) is 18.7 Å². The van der Waals surface area contributed by atoms with Crippen LogP contribution in [0.5, 0.6) is 0 Å². The van der Waals surface area contributed by atoms with Crippen molar-refractivity contribution in [1.82, 2.24) is 14.7 Å². The van der Waals surface area contributed by atoms with Crippen molar-refractivity contribution in [3.05, 3.63) is 48.3 Å². The first-order chi connectivity index (χ1) is 11.2. The van der Waals surface area contributed by atoms with Crippen LogP contribution in [0.4, 0.5) is 0 Å². The molecule has 1 saturated heterocycles. The molecule has 23 heavy (non-hydrogen) atoms. The summed E-state index contributed by atoms with van der Waals surface area (Å²) in [5, 5.41) is 4.17. The average molecular weight is 313 g/mol. The van der Waals surface area contributed by atoms with E-state index in [1.807, 2.05) is 24.4 Å². The third-order valence-corrected chi connectivity index (χ3v) is 4.48. The van der Waals surface area contributed by atoms with Gasteiger partial charge in [0.1, 0.15) is 0 Å². The molecule has 0 N–H and O–H groups in total. The van der Waals surface area contributed by atoms with Crippen LogP contribution in [-0.4, -0.2) is 46.9 Å². The van der Waals surface area contributed by atoms with Crippen LogP contribution in [0.2, 0.25) is 0 Å². The van der Waals surface area contributed by atoms with Crippen LogP contribution >= 0.6 is 0 Å². The topological polar surface area (TPSA) is 47.4 Å². The number of nitrogens with zero attached hydrogens (tertiary/aromatic N) is 3. The Labute approximate surface area is 136 Å². The molecular formula is C18H23N3O2. The molecule has 5 nitrogen and oxygen atoms in total. The molecule has 0 aliphatic carbocycles. The summed E-state index contributed by atoms with van der Waals surface area (Å²) in [6.45, 7) is 1.63. The van der Waals surface area contributed by atoms with Gasteiger partial charge >= 0.3 is 5.97 Å². The van der Waals surface area contributed by atoms with Crippen LogP contribution in [-0.2, 0) is 4.74 Å². The van der Waals surface area contributed by atoms with E-state index in [2.05, 4.69) is 17.0 Å². The fraction of sp³-hybridized carbons (Fsp3) is 0.444. The number of carbonyl (C=O) groups is 1. The molecule has 1 atom stereocenters. The summed E-state index contributed by atoms with van der Waals surface area (Å²) in [5.41, 5.74) is 1.51. The number of carbonyl (C=O) groups excluding carboxylic acids is 1. The monoisotopic (exact) mass is 313 g/mol. The van der Waals surface area contributed by atoms with Crippen LogP contribution in [0, 0.1) is 0 Å². The van der Waals surface area contributed by atoms with Crippen molar-refractivity contribution < 1.29 is 9.53 Å². The predicted molar refractivity (Wildman–Crippen MR) is 88.7 cm³/mol. The lowest BCUT2D eigenvalue weighted by Crippen LogP contribution is -2.37. The number of piperidine rings is 1. The molecule has 5 heteroatoms. The molecule has 3 rings (SSSR count). The first-order valence-corrected chi connectivity index (χ1v) is 8.21. The highest BCUT2D eigenvalue weighted by molar-refractivity contribution is 5.89. The largest absolute Gasteiger partial charge is 0.462 e. The molecule has 0 amide bonds. The van der Waals surface area contributed by atoms with Crippen LogP contribution < -0.4 is 0 Å². The van der Waals surface area contributed by atoms with Crippen LogP contribution in [0.3, 0.4) is 0 Å². The fourth-order valence-electron chi connectivity index (χ4n) is 3.05. The number of likely N-dealkylation sites (tertiary alicyclic amines) is 1. The van der Waals surface area contributed by atoms with Crippen molar-refractivity contribution in [2.45, 2.75) is 31.7 Å². The van der Waals surface area contributed by atoms with Crippen LogP contribution in [0.25, 0.3) is 5.69 Å². The maximum absolute atomic E-state index is 12.1. The Morgan fingerprint density at radius 3 is 2.83 bits per heavy atom. The van der Waals surface area contributed by atoms with E-state index in [0.29, 0.717) is 18.2 Å². The normalized spacial score (nSPS) is 18.7. The average Bonchev–Trinajstić information content (AvgIpc) is 3.11. The zero-order chi connectivity index (χ0) is 16.1. The van der Waals surface area contributed by atoms with Gasteiger partial charge in [0.2, 0.25) is 0 Å². The minimum absolute atomic E-state index is 0.254. The van der Waals surface area contributed by atoms with Crippen molar-refractivity contribution in [3.8, 4) is 5.69 Å². The number of hydrogen-bond acceptors (Lipinski definition) is 4. The predicted octanol–water partition coefficient (Wildman–Crippen LogP) is 2.90. The Balaban J connectivity index is 1.50. The van der Waals surface area contributed by atoms with Crippen molar-refractivity contribution in [3.63, 3.8) is 0 Å². The third kappa shape index (κ3) is 3.99. The Bertz CT molecular complexity index is 622. The molecule has 0 radical (unpaired) electrons. The highest BCUT2D eigenvalue weighted by Crippen LogP contribution is 2.18. The van der Waals surface area contributed by atoms with Gasteiger partial charge in [-0.2, -0.15) is 5.10 Å². The molecule has 1 aliphatic rings. The fourth-order valence-corrected chi connectivity index (χ4v) is 3.05. The second kappa shape index (κ2) is 7.42. The molecule has 0 saturated carbocycles. The van der Waals surface area contributed by atoms with Crippen molar-refractivity contribution >= 4 is 5.97 Å². The van der Waals surface area contributed by atoms with Crippen LogP contribution in [0.1, 0.15) is 36.0 Å². The number of hydrogen-bond donors (Lipinski definition) is 0. The lowest BCUT2D eigenvalue weighted by Gasteiger charge is -2.32. The molecule has 0 bridgehead atoms. The maximum Gasteiger partial charge on any atom is 0.338 e. The smallest absolute Gasteiger partial charge is 0.338 e. The SMILES string of the molecule is CN1CCCCC1CCOC(=O)c1ccc(-n2cccn2)cc1. The standard InChI is InChI=1S/C18H23N3O2/c1-20-12-3-2-5-16(20)10-14-23-18(22)15-6-8-17(9-7-15)21-13-4-11-19-21/h4,6-9,11,13,16H,2-3,5,10,12,14H2,1H3. The summed E-state index contributed by atoms with van der Waals surface area (Å²) in [6, 6.07) is 9.72. The minimum atomic E-state index is -0.254. The Kier molecular flexibility index (Phi) is 5.08. The van der Waals surface area contributed by atoms with Gasteiger partial charge in [-0.05, 0) is 63.2 Å². The quantitative estimate of drug-likeness (QED) is 0.796. The highest BCUT2D eigenvalue weighted by atomic mass is 16.5. The van der Waals surface area contributed by atoms with Gasteiger partial charge in [-0.15, -0.1) is 0 Å². The number of rotatable bonds is 5. The summed E-state index contributed by atoms with van der Waals surface area (Å²) < 4.78 is 7.18. The lowest BCUT2D eigenvalue weighted by atomic mass is 10.0. The summed E-state index contributed by atoms with van der Waals surface area (Å²) in [5.74, 6) is -0.254. The van der Waals surface area contributed by atoms with Gasteiger partial charge in [0, 0.05) is 18.4 Å². The second-order valence-electron chi connectivity index (χ2n) is 6.05. The molecule has 1 aromatic carbocycles. The number of esters is 1. The molecule has 2 aromatic rings. The first kappa shape index (κ1) is 15.7. The summed E-state index contributed by atoms with van der Waals surface area (Å²) >= 11 is 0. The minimum Gasteiger partial charge on any atom is -0.462 e. The summed E-state index contributed by atoms with van der Waals surface area (Å²) in [7, 11) is 2.15. The number of benzene rings is 1. The highest BCUT2D eigenvalue weighted by Gasteiger charge is 2.19. The van der Waals surface area contributed by atoms with Gasteiger partial charge in [-0.25, -0.2) is 9.48 Å². The zero-order valence-corrected chi connectivity index (χ0v) is 13.5. The first-order valence-electron chi connectivity index (χ1n) is 8.21. The van der Waals surface area contributed by atoms with Crippen molar-refractivity contribution in [2.75, 3.05) is 20.2 Å². The van der Waals surface area contributed by atoms with E-state index in [9.17, 15) is 4.79 Å². The number of aromatic nitrogens is 2. The molecular weight excluding hydrogens is 290 g/mol. The van der Waals surface area contributed by atoms with E-state index in [1.165, 1.54) is 19.3 Å². The van der Waals surface area contributed by atoms with Gasteiger partial charge in [-0.1, -0.05) is 6.42 Å². The van der Waals surface area contributed by atoms with E-state index >= 15 is 0 Å². The zero-order valence-electron chi connectivity index (χ0n) is 13.5. The van der Waals surface area contributed by atoms with E-state index in [-0.39, 0.29) is 5.97 Å². The van der Waals surface area contributed by atoms with E-state index < -0.39 is 0 Å². The molecule has 1 aromatic heterocycles. The van der Waals surface area contributed by atoms with Crippen LogP contribution in [0.15, 0.2) is 42.7 Å². The van der Waals surface area contributed by atoms with Gasteiger partial charge in [-0.3, -0.25) is 0 Å². The summed E-state index contributed by atoms with van der Waals surface area (Å²) in [4.78, 5) is 14.5. The molecule has 122 valence electrons. The molecule has 2 heterocycles. The Morgan fingerprint density at radius 1 is 1.30 bits per heavy atom. The molecule has 0 spiro atoms. The van der Waals surface area contributed by atoms with Crippen molar-refractivity contribution in [1.29, 1.82) is 0 Å². The Hall–Kier alpha value is -2.14. The summed E-state index contributed by atoms with van der Waals surface area (Å²) in [6.07, 6.45) is 8.26. The maximum atomic E-state index is 12.1. The van der Waals surface area contributed by atoms with E-state index in [1.54, 1.807) is 23.0 Å². The van der Waals surface area contributed by atoms with E-state index in [4.69, 9.17) is 4.74 Å². The second-order valence-corrected chi connectivity index (χ2v) is 6.05. The number of ether oxygens (including phenoxy) is 1. The molecule has 1 unspecified atom stereocenters. The van der Waals surface area contributed by atoms with Gasteiger partial charge in [0.25, 0.3) is 0 Å². The van der Waals surface area contributed by atoms with Crippen molar-refractivity contribution in [2.24, 2.45) is 0 Å². The lowest BCUT2D eigenvalue weighted by molar-refractivity contribution is 0.0450.